The van der Waals surface area contributed by atoms with Gasteiger partial charge in [-0.15, -0.1) is 0 Å². The third-order valence-electron chi connectivity index (χ3n) is 5.10. The van der Waals surface area contributed by atoms with Gasteiger partial charge in [0, 0.05) is 26.3 Å². The zero-order valence-corrected chi connectivity index (χ0v) is 18.1. The van der Waals surface area contributed by atoms with Crippen LogP contribution in [-0.4, -0.2) is 47.6 Å². The number of rotatable bonds is 7. The van der Waals surface area contributed by atoms with Gasteiger partial charge in [0.05, 0.1) is 12.2 Å². The third kappa shape index (κ3) is 6.10. The Bertz CT molecular complexity index is 960. The SMILES string of the molecule is CCOc1ccc(OCC(=O)Nc2cc(C(=O)N3CCCCCC3)cn(C)c2=O)cc1. The Labute approximate surface area is 181 Å². The van der Waals surface area contributed by atoms with Crippen LogP contribution in [0.2, 0.25) is 0 Å². The van der Waals surface area contributed by atoms with Crippen molar-refractivity contribution in [1.29, 1.82) is 0 Å². The van der Waals surface area contributed by atoms with Gasteiger partial charge in [0.15, 0.2) is 6.61 Å². The van der Waals surface area contributed by atoms with Crippen LogP contribution in [0, 0.1) is 0 Å². The molecule has 0 aliphatic carbocycles. The molecular formula is C23H29N3O5. The number of carbonyl (C=O) groups is 2. The number of hydrogen-bond donors (Lipinski definition) is 1. The van der Waals surface area contributed by atoms with E-state index >= 15 is 0 Å². The molecule has 0 radical (unpaired) electrons. The topological polar surface area (TPSA) is 89.9 Å². The minimum atomic E-state index is -0.481. The molecule has 166 valence electrons. The van der Waals surface area contributed by atoms with Crippen LogP contribution in [0.15, 0.2) is 41.3 Å². The van der Waals surface area contributed by atoms with Crippen molar-refractivity contribution in [3.63, 3.8) is 0 Å². The Morgan fingerprint density at radius 2 is 1.61 bits per heavy atom. The first-order chi connectivity index (χ1) is 15.0. The van der Waals surface area contributed by atoms with E-state index in [0.717, 1.165) is 25.7 Å². The van der Waals surface area contributed by atoms with Gasteiger partial charge in [-0.05, 0) is 50.1 Å². The molecule has 0 spiro atoms. The number of benzene rings is 1. The van der Waals surface area contributed by atoms with Gasteiger partial charge < -0.3 is 24.3 Å². The normalized spacial score (nSPS) is 13.9. The van der Waals surface area contributed by atoms with Crippen molar-refractivity contribution in [3.8, 4) is 11.5 Å². The molecule has 1 aromatic heterocycles. The van der Waals surface area contributed by atoms with Crippen molar-refractivity contribution in [2.24, 2.45) is 7.05 Å². The summed E-state index contributed by atoms with van der Waals surface area (Å²) in [4.78, 5) is 39.5. The summed E-state index contributed by atoms with van der Waals surface area (Å²) < 4.78 is 12.2. The van der Waals surface area contributed by atoms with E-state index < -0.39 is 5.91 Å². The Balaban J connectivity index is 1.65. The van der Waals surface area contributed by atoms with Gasteiger partial charge in [0.2, 0.25) is 0 Å². The number of likely N-dealkylation sites (tertiary alicyclic amines) is 1. The van der Waals surface area contributed by atoms with Gasteiger partial charge in [-0.2, -0.15) is 0 Å². The van der Waals surface area contributed by atoms with E-state index in [9.17, 15) is 14.4 Å². The van der Waals surface area contributed by atoms with Gasteiger partial charge in [0.25, 0.3) is 17.4 Å². The fourth-order valence-corrected chi connectivity index (χ4v) is 3.51. The standard InChI is InChI=1S/C23H29N3O5/c1-3-30-18-8-10-19(11-9-18)31-16-21(27)24-20-14-17(15-25(2)23(20)29)22(28)26-12-6-4-5-7-13-26/h8-11,14-15H,3-7,12-13,16H2,1-2H3,(H,24,27). The summed E-state index contributed by atoms with van der Waals surface area (Å²) in [5.41, 5.74) is 0.0528. The highest BCUT2D eigenvalue weighted by atomic mass is 16.5. The van der Waals surface area contributed by atoms with E-state index in [1.54, 1.807) is 31.3 Å². The van der Waals surface area contributed by atoms with Gasteiger partial charge >= 0.3 is 0 Å². The van der Waals surface area contributed by atoms with Gasteiger partial charge in [0.1, 0.15) is 17.2 Å². The molecule has 0 unspecified atom stereocenters. The van der Waals surface area contributed by atoms with E-state index in [2.05, 4.69) is 5.32 Å². The molecule has 1 fully saturated rings. The quantitative estimate of drug-likeness (QED) is 0.734. The molecule has 31 heavy (non-hydrogen) atoms. The maximum absolute atomic E-state index is 12.9. The number of ether oxygens (including phenoxy) is 2. The summed E-state index contributed by atoms with van der Waals surface area (Å²) in [7, 11) is 1.56. The average Bonchev–Trinajstić information content (AvgIpc) is 3.05. The highest BCUT2D eigenvalue weighted by Gasteiger charge is 2.20. The predicted octanol–water partition coefficient (Wildman–Crippen LogP) is 2.82. The highest BCUT2D eigenvalue weighted by molar-refractivity contribution is 5.97. The second kappa shape index (κ2) is 10.7. The molecule has 8 heteroatoms. The number of anilines is 1. The molecule has 0 bridgehead atoms. The first kappa shape index (κ1) is 22.4. The first-order valence-corrected chi connectivity index (χ1v) is 10.6. The summed E-state index contributed by atoms with van der Waals surface area (Å²) in [5.74, 6) is 0.620. The number of amides is 2. The number of aryl methyl sites for hydroxylation is 1. The largest absolute Gasteiger partial charge is 0.494 e. The summed E-state index contributed by atoms with van der Waals surface area (Å²) >= 11 is 0. The summed E-state index contributed by atoms with van der Waals surface area (Å²) in [5, 5.41) is 2.57. The molecule has 2 aromatic rings. The minimum Gasteiger partial charge on any atom is -0.494 e. The second-order valence-corrected chi connectivity index (χ2v) is 7.51. The molecule has 3 rings (SSSR count). The zero-order valence-electron chi connectivity index (χ0n) is 18.1. The molecule has 2 amide bonds. The Morgan fingerprint density at radius 3 is 2.23 bits per heavy atom. The molecule has 2 heterocycles. The molecule has 1 N–H and O–H groups in total. The minimum absolute atomic E-state index is 0.0588. The zero-order chi connectivity index (χ0) is 22.2. The van der Waals surface area contributed by atoms with Crippen LogP contribution < -0.4 is 20.3 Å². The van der Waals surface area contributed by atoms with E-state index in [-0.39, 0.29) is 23.8 Å². The molecule has 0 saturated carbocycles. The number of aromatic nitrogens is 1. The van der Waals surface area contributed by atoms with Crippen LogP contribution in [0.1, 0.15) is 43.0 Å². The van der Waals surface area contributed by atoms with Crippen molar-refractivity contribution in [1.82, 2.24) is 9.47 Å². The van der Waals surface area contributed by atoms with Crippen LogP contribution in [0.4, 0.5) is 5.69 Å². The van der Waals surface area contributed by atoms with Crippen molar-refractivity contribution < 1.29 is 19.1 Å². The third-order valence-corrected chi connectivity index (χ3v) is 5.10. The lowest BCUT2D eigenvalue weighted by Crippen LogP contribution is -2.34. The Hall–Kier alpha value is -3.29. The number of nitrogens with zero attached hydrogens (tertiary/aromatic N) is 2. The number of carbonyl (C=O) groups excluding carboxylic acids is 2. The summed E-state index contributed by atoms with van der Waals surface area (Å²) in [6.07, 6.45) is 5.70. The van der Waals surface area contributed by atoms with Crippen molar-refractivity contribution in [3.05, 3.63) is 52.4 Å². The summed E-state index contributed by atoms with van der Waals surface area (Å²) in [6, 6.07) is 8.37. The lowest BCUT2D eigenvalue weighted by Gasteiger charge is -2.21. The molecule has 1 saturated heterocycles. The van der Waals surface area contributed by atoms with Crippen LogP contribution in [-0.2, 0) is 11.8 Å². The molecule has 1 aliphatic rings. The lowest BCUT2D eigenvalue weighted by atomic mass is 10.2. The Kier molecular flexibility index (Phi) is 7.70. The molecular weight excluding hydrogens is 398 g/mol. The fraction of sp³-hybridized carbons (Fsp3) is 0.435. The van der Waals surface area contributed by atoms with E-state index in [1.807, 2.05) is 11.8 Å². The molecule has 1 aromatic carbocycles. The lowest BCUT2D eigenvalue weighted by molar-refractivity contribution is -0.118. The first-order valence-electron chi connectivity index (χ1n) is 10.6. The monoisotopic (exact) mass is 427 g/mol. The smallest absolute Gasteiger partial charge is 0.274 e. The number of nitrogens with one attached hydrogen (secondary N) is 1. The van der Waals surface area contributed by atoms with Gasteiger partial charge in [-0.25, -0.2) is 0 Å². The summed E-state index contributed by atoms with van der Waals surface area (Å²) in [6.45, 7) is 3.62. The van der Waals surface area contributed by atoms with E-state index in [1.165, 1.54) is 16.8 Å². The average molecular weight is 428 g/mol. The van der Waals surface area contributed by atoms with Crippen LogP contribution in [0.3, 0.4) is 0 Å². The van der Waals surface area contributed by atoms with Crippen LogP contribution >= 0.6 is 0 Å². The van der Waals surface area contributed by atoms with Crippen LogP contribution in [0.25, 0.3) is 0 Å². The maximum atomic E-state index is 12.9. The molecule has 0 atom stereocenters. The highest BCUT2D eigenvalue weighted by Crippen LogP contribution is 2.18. The maximum Gasteiger partial charge on any atom is 0.274 e. The van der Waals surface area contributed by atoms with Gasteiger partial charge in [-0.1, -0.05) is 12.8 Å². The van der Waals surface area contributed by atoms with E-state index in [4.69, 9.17) is 9.47 Å². The van der Waals surface area contributed by atoms with Crippen molar-refractivity contribution in [2.45, 2.75) is 32.6 Å². The molecule has 1 aliphatic heterocycles. The van der Waals surface area contributed by atoms with Gasteiger partial charge in [-0.3, -0.25) is 14.4 Å². The predicted molar refractivity (Wildman–Crippen MR) is 118 cm³/mol. The number of pyridine rings is 1. The van der Waals surface area contributed by atoms with E-state index in [0.29, 0.717) is 36.8 Å². The Morgan fingerprint density at radius 1 is 1.00 bits per heavy atom. The second-order valence-electron chi connectivity index (χ2n) is 7.51. The van der Waals surface area contributed by atoms with Crippen molar-refractivity contribution in [2.75, 3.05) is 31.6 Å². The fourth-order valence-electron chi connectivity index (χ4n) is 3.51. The molecule has 8 nitrogen and oxygen atoms in total. The van der Waals surface area contributed by atoms with Crippen molar-refractivity contribution >= 4 is 17.5 Å². The number of hydrogen-bond acceptors (Lipinski definition) is 5. The van der Waals surface area contributed by atoms with Crippen LogP contribution in [0.5, 0.6) is 11.5 Å².